The molecule has 0 aliphatic rings. The fourth-order valence-electron chi connectivity index (χ4n) is 2.11. The number of nitrogens with zero attached hydrogens (tertiary/aromatic N) is 1. The summed E-state index contributed by atoms with van der Waals surface area (Å²) in [6.45, 7) is 2.21. The molecule has 2 aromatic carbocycles. The first-order chi connectivity index (χ1) is 9.38. The van der Waals surface area contributed by atoms with Gasteiger partial charge in [-0.15, -0.1) is 11.8 Å². The van der Waals surface area contributed by atoms with Gasteiger partial charge in [0.15, 0.2) is 0 Å². The number of para-hydroxylation sites is 1. The van der Waals surface area contributed by atoms with Crippen LogP contribution in [0.25, 0.3) is 22.2 Å². The Hall–Kier alpha value is -1.74. The number of thioether (sulfide) groups is 1. The Labute approximate surface area is 117 Å². The molecule has 0 spiro atoms. The van der Waals surface area contributed by atoms with E-state index in [9.17, 15) is 0 Å². The number of H-pyrrole nitrogens is 1. The van der Waals surface area contributed by atoms with Gasteiger partial charge < -0.3 is 0 Å². The van der Waals surface area contributed by atoms with Crippen molar-refractivity contribution in [2.24, 2.45) is 0 Å². The van der Waals surface area contributed by atoms with E-state index in [-0.39, 0.29) is 0 Å². The Morgan fingerprint density at radius 3 is 2.63 bits per heavy atom. The molecule has 0 saturated carbocycles. The molecule has 3 aromatic rings. The second-order valence-corrected chi connectivity index (χ2v) is 5.66. The molecule has 0 saturated heterocycles. The summed E-state index contributed by atoms with van der Waals surface area (Å²) in [6, 6.07) is 16.9. The molecule has 0 amide bonds. The number of nitrogens with one attached hydrogen (secondary N) is 1. The summed E-state index contributed by atoms with van der Waals surface area (Å²) >= 11 is 1.90. The zero-order valence-electron chi connectivity index (χ0n) is 10.9. The Morgan fingerprint density at radius 2 is 1.84 bits per heavy atom. The van der Waals surface area contributed by atoms with Gasteiger partial charge in [0.25, 0.3) is 0 Å². The molecule has 0 aliphatic carbocycles. The minimum atomic E-state index is 1.03. The summed E-state index contributed by atoms with van der Waals surface area (Å²) in [7, 11) is 0. The lowest BCUT2D eigenvalue weighted by Crippen LogP contribution is -1.80. The highest BCUT2D eigenvalue weighted by Gasteiger charge is 2.07. The van der Waals surface area contributed by atoms with Gasteiger partial charge in [-0.2, -0.15) is 5.10 Å². The number of hydrogen-bond acceptors (Lipinski definition) is 2. The lowest BCUT2D eigenvalue weighted by Gasteiger charge is -2.02. The van der Waals surface area contributed by atoms with Gasteiger partial charge in [0.05, 0.1) is 11.2 Å². The Balaban J connectivity index is 1.93. The minimum absolute atomic E-state index is 1.03. The van der Waals surface area contributed by atoms with Crippen molar-refractivity contribution in [2.45, 2.75) is 18.2 Å². The maximum Gasteiger partial charge on any atom is 0.0999 e. The molecular formula is C16H16N2S. The Morgan fingerprint density at radius 1 is 1.05 bits per heavy atom. The fourth-order valence-corrected chi connectivity index (χ4v) is 2.88. The molecule has 0 unspecified atom stereocenters. The summed E-state index contributed by atoms with van der Waals surface area (Å²) in [5.41, 5.74) is 3.28. The molecule has 0 bridgehead atoms. The van der Waals surface area contributed by atoms with Crippen LogP contribution >= 0.6 is 11.8 Å². The minimum Gasteiger partial charge on any atom is -0.277 e. The number of fused-ring (bicyclic) bond motifs is 1. The van der Waals surface area contributed by atoms with Crippen molar-refractivity contribution in [3.63, 3.8) is 0 Å². The monoisotopic (exact) mass is 268 g/mol. The van der Waals surface area contributed by atoms with E-state index in [2.05, 4.69) is 53.5 Å². The van der Waals surface area contributed by atoms with E-state index in [0.717, 1.165) is 11.2 Å². The van der Waals surface area contributed by atoms with E-state index in [1.54, 1.807) is 0 Å². The maximum atomic E-state index is 4.43. The van der Waals surface area contributed by atoms with Crippen LogP contribution in [-0.4, -0.2) is 16.0 Å². The van der Waals surface area contributed by atoms with Crippen LogP contribution in [0, 0.1) is 0 Å². The van der Waals surface area contributed by atoms with Crippen molar-refractivity contribution in [3.8, 4) is 11.3 Å². The SMILES string of the molecule is CCCSc1ccc(-c2n[nH]c3ccccc23)cc1. The van der Waals surface area contributed by atoms with Crippen molar-refractivity contribution < 1.29 is 0 Å². The fraction of sp³-hybridized carbons (Fsp3) is 0.188. The van der Waals surface area contributed by atoms with E-state index in [4.69, 9.17) is 0 Å². The van der Waals surface area contributed by atoms with Crippen LogP contribution in [0.1, 0.15) is 13.3 Å². The number of aromatic nitrogens is 2. The van der Waals surface area contributed by atoms with Gasteiger partial charge in [-0.25, -0.2) is 0 Å². The highest BCUT2D eigenvalue weighted by molar-refractivity contribution is 7.99. The van der Waals surface area contributed by atoms with Crippen molar-refractivity contribution in [2.75, 3.05) is 5.75 Å². The quantitative estimate of drug-likeness (QED) is 0.693. The summed E-state index contributed by atoms with van der Waals surface area (Å²) in [5.74, 6) is 1.17. The third-order valence-electron chi connectivity index (χ3n) is 3.07. The van der Waals surface area contributed by atoms with E-state index >= 15 is 0 Å². The number of aromatic amines is 1. The molecule has 3 rings (SSSR count). The van der Waals surface area contributed by atoms with Crippen LogP contribution in [-0.2, 0) is 0 Å². The predicted molar refractivity (Wildman–Crippen MR) is 82.5 cm³/mol. The van der Waals surface area contributed by atoms with E-state index in [0.29, 0.717) is 0 Å². The molecule has 96 valence electrons. The summed E-state index contributed by atoms with van der Waals surface area (Å²) in [5, 5.41) is 8.68. The normalized spacial score (nSPS) is 11.0. The molecule has 3 heteroatoms. The average Bonchev–Trinajstić information content (AvgIpc) is 2.90. The highest BCUT2D eigenvalue weighted by Crippen LogP contribution is 2.28. The van der Waals surface area contributed by atoms with Crippen molar-refractivity contribution in [1.82, 2.24) is 10.2 Å². The average molecular weight is 268 g/mol. The van der Waals surface area contributed by atoms with Gasteiger partial charge in [-0.1, -0.05) is 37.3 Å². The number of hydrogen-bond donors (Lipinski definition) is 1. The van der Waals surface area contributed by atoms with Crippen molar-refractivity contribution >= 4 is 22.7 Å². The van der Waals surface area contributed by atoms with Crippen molar-refractivity contribution in [1.29, 1.82) is 0 Å². The molecule has 1 aromatic heterocycles. The predicted octanol–water partition coefficient (Wildman–Crippen LogP) is 4.73. The zero-order chi connectivity index (χ0) is 13.1. The molecule has 0 atom stereocenters. The smallest absolute Gasteiger partial charge is 0.0999 e. The van der Waals surface area contributed by atoms with Crippen LogP contribution in [0.15, 0.2) is 53.4 Å². The van der Waals surface area contributed by atoms with Gasteiger partial charge in [-0.3, -0.25) is 5.10 Å². The first-order valence-electron chi connectivity index (χ1n) is 6.55. The van der Waals surface area contributed by atoms with E-state index in [1.807, 2.05) is 23.9 Å². The number of benzene rings is 2. The van der Waals surface area contributed by atoms with E-state index < -0.39 is 0 Å². The van der Waals surface area contributed by atoms with Gasteiger partial charge in [0.1, 0.15) is 0 Å². The summed E-state index contributed by atoms with van der Waals surface area (Å²) < 4.78 is 0. The van der Waals surface area contributed by atoms with Gasteiger partial charge >= 0.3 is 0 Å². The summed E-state index contributed by atoms with van der Waals surface area (Å²) in [6.07, 6.45) is 1.20. The van der Waals surface area contributed by atoms with Crippen LogP contribution in [0.5, 0.6) is 0 Å². The first kappa shape index (κ1) is 12.3. The molecule has 0 fully saturated rings. The highest BCUT2D eigenvalue weighted by atomic mass is 32.2. The standard InChI is InChI=1S/C16H16N2S/c1-2-11-19-13-9-7-12(8-10-13)16-14-5-3-4-6-15(14)17-18-16/h3-10H,2,11H2,1H3,(H,17,18). The second-order valence-electron chi connectivity index (χ2n) is 4.49. The zero-order valence-corrected chi connectivity index (χ0v) is 11.7. The van der Waals surface area contributed by atoms with Gasteiger partial charge in [0, 0.05) is 15.8 Å². The lowest BCUT2D eigenvalue weighted by molar-refractivity contribution is 1.10. The van der Waals surface area contributed by atoms with Gasteiger partial charge in [-0.05, 0) is 30.4 Å². The van der Waals surface area contributed by atoms with Gasteiger partial charge in [0.2, 0.25) is 0 Å². The Bertz CT molecular complexity index is 671. The maximum absolute atomic E-state index is 4.43. The van der Waals surface area contributed by atoms with Crippen LogP contribution in [0.2, 0.25) is 0 Å². The molecule has 2 nitrogen and oxygen atoms in total. The molecular weight excluding hydrogens is 252 g/mol. The molecule has 1 heterocycles. The van der Waals surface area contributed by atoms with Crippen LogP contribution in [0.4, 0.5) is 0 Å². The molecule has 19 heavy (non-hydrogen) atoms. The molecule has 1 N–H and O–H groups in total. The molecule has 0 radical (unpaired) electrons. The number of rotatable bonds is 4. The third-order valence-corrected chi connectivity index (χ3v) is 4.29. The lowest BCUT2D eigenvalue weighted by atomic mass is 10.1. The third kappa shape index (κ3) is 2.51. The second kappa shape index (κ2) is 5.49. The largest absolute Gasteiger partial charge is 0.277 e. The molecule has 0 aliphatic heterocycles. The first-order valence-corrected chi connectivity index (χ1v) is 7.53. The van der Waals surface area contributed by atoms with Crippen molar-refractivity contribution in [3.05, 3.63) is 48.5 Å². The van der Waals surface area contributed by atoms with Crippen LogP contribution in [0.3, 0.4) is 0 Å². The Kier molecular flexibility index (Phi) is 3.56. The summed E-state index contributed by atoms with van der Waals surface area (Å²) in [4.78, 5) is 1.32. The topological polar surface area (TPSA) is 28.7 Å². The van der Waals surface area contributed by atoms with E-state index in [1.165, 1.54) is 28.0 Å². The van der Waals surface area contributed by atoms with Crippen LogP contribution < -0.4 is 0 Å².